The third-order valence-corrected chi connectivity index (χ3v) is 3.94. The van der Waals surface area contributed by atoms with Gasteiger partial charge in [0.1, 0.15) is 0 Å². The molecule has 3 heteroatoms. The topological polar surface area (TPSA) is 20.3 Å². The molecule has 0 amide bonds. The van der Waals surface area contributed by atoms with Gasteiger partial charge in [0.15, 0.2) is 5.78 Å². The van der Waals surface area contributed by atoms with Crippen LogP contribution in [0.5, 0.6) is 0 Å². The summed E-state index contributed by atoms with van der Waals surface area (Å²) in [6.45, 7) is 2.08. The summed E-state index contributed by atoms with van der Waals surface area (Å²) in [5.74, 6) is 0.556. The Bertz CT molecular complexity index is 366. The number of likely N-dealkylation sites (tertiary alicyclic amines) is 1. The summed E-state index contributed by atoms with van der Waals surface area (Å²) in [5, 5.41) is 0. The van der Waals surface area contributed by atoms with Crippen molar-refractivity contribution in [3.05, 3.63) is 33.4 Å². The van der Waals surface area contributed by atoms with E-state index in [0.717, 1.165) is 31.5 Å². The molecule has 16 heavy (non-hydrogen) atoms. The Balaban J connectivity index is 2.05. The number of piperidine rings is 1. The molecule has 0 spiro atoms. The molecule has 0 bridgehead atoms. The molecule has 1 aromatic rings. The van der Waals surface area contributed by atoms with Crippen LogP contribution in [0.3, 0.4) is 0 Å². The molecule has 0 aliphatic carbocycles. The highest BCUT2D eigenvalue weighted by atomic mass is 127. The maximum Gasteiger partial charge on any atom is 0.166 e. The number of carbonyl (C=O) groups is 1. The summed E-state index contributed by atoms with van der Waals surface area (Å²) < 4.78 is 1.18. The summed E-state index contributed by atoms with van der Waals surface area (Å²) in [6.07, 6.45) is 2.00. The molecular formula is C13H16INO. The van der Waals surface area contributed by atoms with Gasteiger partial charge in [0.2, 0.25) is 0 Å². The van der Waals surface area contributed by atoms with Gasteiger partial charge in [-0.2, -0.15) is 0 Å². The highest BCUT2D eigenvalue weighted by Gasteiger charge is 2.23. The van der Waals surface area contributed by atoms with E-state index in [2.05, 4.69) is 34.5 Å². The van der Waals surface area contributed by atoms with E-state index in [0.29, 0.717) is 5.78 Å². The Hall–Kier alpha value is -0.420. The smallest absolute Gasteiger partial charge is 0.166 e. The molecule has 1 heterocycles. The van der Waals surface area contributed by atoms with Crippen LogP contribution in [0.2, 0.25) is 0 Å². The van der Waals surface area contributed by atoms with Crippen molar-refractivity contribution in [3.8, 4) is 0 Å². The van der Waals surface area contributed by atoms with Gasteiger partial charge in [-0.1, -0.05) is 12.1 Å². The van der Waals surface area contributed by atoms with Gasteiger partial charge in [0, 0.05) is 15.1 Å². The van der Waals surface area contributed by atoms with Gasteiger partial charge < -0.3 is 4.90 Å². The Kier molecular flexibility index (Phi) is 3.97. The molecule has 1 saturated heterocycles. The Morgan fingerprint density at radius 2 is 1.81 bits per heavy atom. The fraction of sp³-hybridized carbons (Fsp3) is 0.462. The van der Waals surface area contributed by atoms with Crippen molar-refractivity contribution in [2.75, 3.05) is 20.1 Å². The second kappa shape index (κ2) is 5.27. The molecule has 0 atom stereocenters. The van der Waals surface area contributed by atoms with E-state index in [4.69, 9.17) is 0 Å². The molecule has 0 unspecified atom stereocenters. The molecule has 1 aromatic carbocycles. The van der Waals surface area contributed by atoms with Gasteiger partial charge in [-0.3, -0.25) is 4.79 Å². The molecule has 0 N–H and O–H groups in total. The lowest BCUT2D eigenvalue weighted by molar-refractivity contribution is 0.0857. The first-order valence-corrected chi connectivity index (χ1v) is 6.73. The second-order valence-corrected chi connectivity index (χ2v) is 5.69. The number of halogens is 1. The molecular weight excluding hydrogens is 313 g/mol. The van der Waals surface area contributed by atoms with E-state index in [9.17, 15) is 4.79 Å². The van der Waals surface area contributed by atoms with Crippen LogP contribution in [0.1, 0.15) is 23.2 Å². The van der Waals surface area contributed by atoms with Crippen molar-refractivity contribution in [3.63, 3.8) is 0 Å². The van der Waals surface area contributed by atoms with Gasteiger partial charge in [0.25, 0.3) is 0 Å². The molecule has 0 aromatic heterocycles. The van der Waals surface area contributed by atoms with Crippen LogP contribution in [-0.2, 0) is 0 Å². The van der Waals surface area contributed by atoms with Crippen LogP contribution in [0.25, 0.3) is 0 Å². The minimum absolute atomic E-state index is 0.233. The van der Waals surface area contributed by atoms with E-state index >= 15 is 0 Å². The molecule has 0 radical (unpaired) electrons. The molecule has 1 fully saturated rings. The minimum Gasteiger partial charge on any atom is -0.306 e. The zero-order valence-electron chi connectivity index (χ0n) is 9.45. The van der Waals surface area contributed by atoms with E-state index < -0.39 is 0 Å². The standard InChI is InChI=1S/C13H16INO/c1-15-8-6-11(7-9-15)13(16)10-2-4-12(14)5-3-10/h2-5,11H,6-9H2,1H3. The number of benzene rings is 1. The summed E-state index contributed by atoms with van der Waals surface area (Å²) in [5.41, 5.74) is 0.870. The number of ketones is 1. The average Bonchev–Trinajstić information content (AvgIpc) is 2.30. The Morgan fingerprint density at radius 3 is 2.38 bits per heavy atom. The summed E-state index contributed by atoms with van der Waals surface area (Å²) in [4.78, 5) is 14.5. The number of Topliss-reactive ketones (excluding diaryl/α,β-unsaturated/α-hetero) is 1. The predicted octanol–water partition coefficient (Wildman–Crippen LogP) is 2.82. The van der Waals surface area contributed by atoms with Crippen LogP contribution < -0.4 is 0 Å². The lowest BCUT2D eigenvalue weighted by Gasteiger charge is -2.27. The zero-order valence-corrected chi connectivity index (χ0v) is 11.6. The first-order valence-electron chi connectivity index (χ1n) is 5.65. The number of carbonyl (C=O) groups excluding carboxylic acids is 1. The normalized spacial score (nSPS) is 18.6. The number of hydrogen-bond donors (Lipinski definition) is 0. The van der Waals surface area contributed by atoms with E-state index in [-0.39, 0.29) is 5.92 Å². The van der Waals surface area contributed by atoms with E-state index in [1.165, 1.54) is 3.57 Å². The van der Waals surface area contributed by atoms with Crippen LogP contribution >= 0.6 is 22.6 Å². The Morgan fingerprint density at radius 1 is 1.25 bits per heavy atom. The molecule has 2 rings (SSSR count). The quantitative estimate of drug-likeness (QED) is 0.614. The highest BCUT2D eigenvalue weighted by molar-refractivity contribution is 14.1. The summed E-state index contributed by atoms with van der Waals surface area (Å²) in [7, 11) is 2.12. The number of hydrogen-bond acceptors (Lipinski definition) is 2. The van der Waals surface area contributed by atoms with Crippen molar-refractivity contribution in [2.24, 2.45) is 5.92 Å². The maximum atomic E-state index is 12.2. The Labute approximate surface area is 110 Å². The van der Waals surface area contributed by atoms with Crippen LogP contribution in [-0.4, -0.2) is 30.8 Å². The largest absolute Gasteiger partial charge is 0.306 e. The molecule has 86 valence electrons. The molecule has 1 aliphatic heterocycles. The monoisotopic (exact) mass is 329 g/mol. The molecule has 2 nitrogen and oxygen atoms in total. The SMILES string of the molecule is CN1CCC(C(=O)c2ccc(I)cc2)CC1. The summed E-state index contributed by atoms with van der Waals surface area (Å²) in [6, 6.07) is 7.90. The lowest BCUT2D eigenvalue weighted by atomic mass is 9.89. The van der Waals surface area contributed by atoms with Gasteiger partial charge >= 0.3 is 0 Å². The van der Waals surface area contributed by atoms with Gasteiger partial charge in [-0.25, -0.2) is 0 Å². The third kappa shape index (κ3) is 2.83. The van der Waals surface area contributed by atoms with Crippen LogP contribution in [0.15, 0.2) is 24.3 Å². The molecule has 1 aliphatic rings. The van der Waals surface area contributed by atoms with Gasteiger partial charge in [0.05, 0.1) is 0 Å². The van der Waals surface area contributed by atoms with Gasteiger partial charge in [-0.05, 0) is 67.7 Å². The third-order valence-electron chi connectivity index (χ3n) is 3.22. The van der Waals surface area contributed by atoms with Crippen LogP contribution in [0.4, 0.5) is 0 Å². The fourth-order valence-electron chi connectivity index (χ4n) is 2.12. The predicted molar refractivity (Wildman–Crippen MR) is 73.7 cm³/mol. The van der Waals surface area contributed by atoms with Crippen LogP contribution in [0, 0.1) is 9.49 Å². The van der Waals surface area contributed by atoms with Gasteiger partial charge in [-0.15, -0.1) is 0 Å². The molecule has 0 saturated carbocycles. The minimum atomic E-state index is 0.233. The van der Waals surface area contributed by atoms with Crippen molar-refractivity contribution in [1.82, 2.24) is 4.90 Å². The average molecular weight is 329 g/mol. The highest BCUT2D eigenvalue weighted by Crippen LogP contribution is 2.21. The van der Waals surface area contributed by atoms with Crippen molar-refractivity contribution in [1.29, 1.82) is 0 Å². The fourth-order valence-corrected chi connectivity index (χ4v) is 2.48. The lowest BCUT2D eigenvalue weighted by Crippen LogP contribution is -2.33. The van der Waals surface area contributed by atoms with Crippen molar-refractivity contribution < 1.29 is 4.79 Å². The van der Waals surface area contributed by atoms with E-state index in [1.807, 2.05) is 24.3 Å². The maximum absolute atomic E-state index is 12.2. The number of rotatable bonds is 2. The van der Waals surface area contributed by atoms with Crippen molar-refractivity contribution >= 4 is 28.4 Å². The summed E-state index contributed by atoms with van der Waals surface area (Å²) >= 11 is 2.26. The van der Waals surface area contributed by atoms with E-state index in [1.54, 1.807) is 0 Å². The number of nitrogens with zero attached hydrogens (tertiary/aromatic N) is 1. The zero-order chi connectivity index (χ0) is 11.5. The second-order valence-electron chi connectivity index (χ2n) is 4.45. The first kappa shape index (κ1) is 12.0. The van der Waals surface area contributed by atoms with Crippen molar-refractivity contribution in [2.45, 2.75) is 12.8 Å². The first-order chi connectivity index (χ1) is 7.66.